The van der Waals surface area contributed by atoms with E-state index in [1.54, 1.807) is 18.7 Å². The zero-order valence-electron chi connectivity index (χ0n) is 14.6. The van der Waals surface area contributed by atoms with Crippen LogP contribution in [0.2, 0.25) is 0 Å². The first kappa shape index (κ1) is 19.1. The van der Waals surface area contributed by atoms with Crippen LogP contribution in [0.4, 0.5) is 0 Å². The van der Waals surface area contributed by atoms with Crippen LogP contribution in [0.5, 0.6) is 11.5 Å². The second kappa shape index (κ2) is 9.27. The third kappa shape index (κ3) is 5.35. The van der Waals surface area contributed by atoms with Crippen molar-refractivity contribution in [3.8, 4) is 11.5 Å². The molecule has 0 aromatic heterocycles. The molecule has 1 aliphatic carbocycles. The Morgan fingerprint density at radius 3 is 2.56 bits per heavy atom. The van der Waals surface area contributed by atoms with Crippen molar-refractivity contribution in [3.63, 3.8) is 0 Å². The van der Waals surface area contributed by atoms with Gasteiger partial charge in [0.05, 0.1) is 26.2 Å². The largest absolute Gasteiger partial charge is 0.493 e. The third-order valence-corrected chi connectivity index (χ3v) is 4.40. The summed E-state index contributed by atoms with van der Waals surface area (Å²) in [5.74, 6) is -0.547. The number of hydrogen-bond donors (Lipinski definition) is 2. The van der Waals surface area contributed by atoms with Crippen LogP contribution in [-0.4, -0.2) is 37.4 Å². The Labute approximate surface area is 147 Å². The molecule has 0 radical (unpaired) electrons. The van der Waals surface area contributed by atoms with Crippen LogP contribution >= 0.6 is 0 Å². The first-order valence-corrected chi connectivity index (χ1v) is 8.41. The van der Waals surface area contributed by atoms with E-state index >= 15 is 0 Å². The zero-order valence-corrected chi connectivity index (χ0v) is 14.6. The number of carbonyl (C=O) groups is 2. The van der Waals surface area contributed by atoms with Crippen LogP contribution in [0, 0.1) is 5.92 Å². The van der Waals surface area contributed by atoms with Crippen LogP contribution < -0.4 is 15.0 Å². The summed E-state index contributed by atoms with van der Waals surface area (Å²) in [5, 5.41) is 8.69. The van der Waals surface area contributed by atoms with E-state index in [0.717, 1.165) is 31.2 Å². The number of methoxy groups -OCH3 is 2. The van der Waals surface area contributed by atoms with Crippen LogP contribution in [0.1, 0.15) is 37.7 Å². The second-order valence-corrected chi connectivity index (χ2v) is 6.17. The quantitative estimate of drug-likeness (QED) is 0.424. The molecule has 1 saturated carbocycles. The summed E-state index contributed by atoms with van der Waals surface area (Å²) in [4.78, 5) is 23.3. The first-order chi connectivity index (χ1) is 12.1. The third-order valence-electron chi connectivity index (χ3n) is 4.40. The zero-order chi connectivity index (χ0) is 18.2. The van der Waals surface area contributed by atoms with Crippen molar-refractivity contribution in [2.24, 2.45) is 5.92 Å². The molecular weight excluding hydrogens is 326 g/mol. The highest BCUT2D eigenvalue weighted by Gasteiger charge is 2.24. The number of amides is 1. The van der Waals surface area contributed by atoms with E-state index in [2.05, 4.69) is 0 Å². The highest BCUT2D eigenvalue weighted by Crippen LogP contribution is 2.33. The fourth-order valence-electron chi connectivity index (χ4n) is 3.09. The number of benzene rings is 1. The van der Waals surface area contributed by atoms with Crippen molar-refractivity contribution in [2.75, 3.05) is 14.2 Å². The number of ether oxygens (including phenoxy) is 3. The summed E-state index contributed by atoms with van der Waals surface area (Å²) < 4.78 is 16.2. The maximum atomic E-state index is 11.9. The normalized spacial score (nSPS) is 15.5. The minimum Gasteiger partial charge on any atom is -0.493 e. The molecule has 1 aromatic carbocycles. The van der Waals surface area contributed by atoms with E-state index in [1.807, 2.05) is 12.1 Å². The molecule has 0 saturated heterocycles. The van der Waals surface area contributed by atoms with Gasteiger partial charge in [0.2, 0.25) is 5.91 Å². The molecule has 2 rings (SSSR count). The molecule has 1 fully saturated rings. The van der Waals surface area contributed by atoms with Gasteiger partial charge in [-0.2, -0.15) is 0 Å². The standard InChI is InChI=1S/C18H25NO6/c1-23-15-8-7-12(10-16(15)25-14-5-3-4-6-14)9-13(18(21)24-2)11-17(20)19-22/h7-8,10,13-14,22H,3-6,9,11H2,1-2H3,(H,19,20). The van der Waals surface area contributed by atoms with E-state index in [-0.39, 0.29) is 12.5 Å². The van der Waals surface area contributed by atoms with Crippen LogP contribution in [0.25, 0.3) is 0 Å². The predicted molar refractivity (Wildman–Crippen MR) is 89.6 cm³/mol. The fraction of sp³-hybridized carbons (Fsp3) is 0.556. The Morgan fingerprint density at radius 1 is 1.24 bits per heavy atom. The number of carbonyl (C=O) groups excluding carboxylic acids is 2. The molecule has 2 N–H and O–H groups in total. The molecule has 25 heavy (non-hydrogen) atoms. The Bertz CT molecular complexity index is 597. The molecule has 7 heteroatoms. The monoisotopic (exact) mass is 351 g/mol. The summed E-state index contributed by atoms with van der Waals surface area (Å²) in [6.45, 7) is 0. The fourth-order valence-corrected chi connectivity index (χ4v) is 3.09. The Balaban J connectivity index is 2.15. The van der Waals surface area contributed by atoms with Crippen molar-refractivity contribution in [2.45, 2.75) is 44.6 Å². The summed E-state index contributed by atoms with van der Waals surface area (Å²) >= 11 is 0. The minimum absolute atomic E-state index is 0.159. The average molecular weight is 351 g/mol. The molecule has 0 spiro atoms. The van der Waals surface area contributed by atoms with Gasteiger partial charge in [-0.1, -0.05) is 6.07 Å². The number of nitrogens with one attached hydrogen (secondary N) is 1. The van der Waals surface area contributed by atoms with Gasteiger partial charge in [-0.05, 0) is 49.8 Å². The van der Waals surface area contributed by atoms with Crippen LogP contribution in [0.3, 0.4) is 0 Å². The van der Waals surface area contributed by atoms with Crippen LogP contribution in [-0.2, 0) is 20.7 Å². The van der Waals surface area contributed by atoms with Crippen molar-refractivity contribution >= 4 is 11.9 Å². The lowest BCUT2D eigenvalue weighted by molar-refractivity contribution is -0.148. The van der Waals surface area contributed by atoms with Gasteiger partial charge in [0.15, 0.2) is 11.5 Å². The van der Waals surface area contributed by atoms with Gasteiger partial charge in [0, 0.05) is 6.42 Å². The Hall–Kier alpha value is -2.28. The molecule has 1 aromatic rings. The first-order valence-electron chi connectivity index (χ1n) is 8.41. The Morgan fingerprint density at radius 2 is 1.96 bits per heavy atom. The Kier molecular flexibility index (Phi) is 7.06. The number of hydroxylamine groups is 1. The highest BCUT2D eigenvalue weighted by atomic mass is 16.5. The lowest BCUT2D eigenvalue weighted by Gasteiger charge is -2.18. The summed E-state index contributed by atoms with van der Waals surface area (Å²) in [6.07, 6.45) is 4.68. The van der Waals surface area contributed by atoms with Crippen molar-refractivity contribution in [3.05, 3.63) is 23.8 Å². The molecular formula is C18H25NO6. The topological polar surface area (TPSA) is 94.1 Å². The summed E-state index contributed by atoms with van der Waals surface area (Å²) in [6, 6.07) is 5.46. The van der Waals surface area contributed by atoms with Gasteiger partial charge in [-0.3, -0.25) is 14.8 Å². The van der Waals surface area contributed by atoms with E-state index in [9.17, 15) is 9.59 Å². The van der Waals surface area contributed by atoms with Gasteiger partial charge in [0.1, 0.15) is 0 Å². The molecule has 138 valence electrons. The molecule has 7 nitrogen and oxygen atoms in total. The number of rotatable bonds is 8. The molecule has 1 atom stereocenters. The molecule has 1 unspecified atom stereocenters. The molecule has 0 heterocycles. The van der Waals surface area contributed by atoms with E-state index in [0.29, 0.717) is 17.9 Å². The summed E-state index contributed by atoms with van der Waals surface area (Å²) in [7, 11) is 2.86. The molecule has 1 aliphatic rings. The summed E-state index contributed by atoms with van der Waals surface area (Å²) in [5.41, 5.74) is 2.38. The van der Waals surface area contributed by atoms with E-state index < -0.39 is 17.8 Å². The number of hydrogen-bond acceptors (Lipinski definition) is 6. The van der Waals surface area contributed by atoms with Gasteiger partial charge in [-0.15, -0.1) is 0 Å². The van der Waals surface area contributed by atoms with E-state index in [1.165, 1.54) is 7.11 Å². The molecule has 1 amide bonds. The van der Waals surface area contributed by atoms with E-state index in [4.69, 9.17) is 19.4 Å². The van der Waals surface area contributed by atoms with Gasteiger partial charge in [0.25, 0.3) is 0 Å². The van der Waals surface area contributed by atoms with Gasteiger partial charge < -0.3 is 14.2 Å². The SMILES string of the molecule is COC(=O)C(CC(=O)NO)Cc1ccc(OC)c(OC2CCCC2)c1. The predicted octanol–water partition coefficient (Wildman–Crippen LogP) is 2.24. The maximum absolute atomic E-state index is 11.9. The second-order valence-electron chi connectivity index (χ2n) is 6.17. The van der Waals surface area contributed by atoms with Crippen molar-refractivity contribution < 1.29 is 29.0 Å². The lowest BCUT2D eigenvalue weighted by Crippen LogP contribution is -2.28. The van der Waals surface area contributed by atoms with Crippen molar-refractivity contribution in [1.82, 2.24) is 5.48 Å². The molecule has 0 aliphatic heterocycles. The molecule has 0 bridgehead atoms. The van der Waals surface area contributed by atoms with Gasteiger partial charge >= 0.3 is 5.97 Å². The van der Waals surface area contributed by atoms with Crippen molar-refractivity contribution in [1.29, 1.82) is 0 Å². The number of esters is 1. The average Bonchev–Trinajstić information content (AvgIpc) is 3.13. The minimum atomic E-state index is -0.690. The van der Waals surface area contributed by atoms with Crippen LogP contribution in [0.15, 0.2) is 18.2 Å². The highest BCUT2D eigenvalue weighted by molar-refractivity contribution is 5.82. The smallest absolute Gasteiger partial charge is 0.309 e. The lowest BCUT2D eigenvalue weighted by atomic mass is 9.95. The maximum Gasteiger partial charge on any atom is 0.309 e. The van der Waals surface area contributed by atoms with Gasteiger partial charge in [-0.25, -0.2) is 5.48 Å².